The van der Waals surface area contributed by atoms with Crippen LogP contribution in [0, 0.1) is 0 Å². The zero-order valence-electron chi connectivity index (χ0n) is 12.0. The average molecular weight is 319 g/mol. The summed E-state index contributed by atoms with van der Waals surface area (Å²) in [5.74, 6) is -1.08. The maximum Gasteiger partial charge on any atom is 0.322 e. The molecular formula is C16H17NO4S. The van der Waals surface area contributed by atoms with Crippen LogP contribution in [0.1, 0.15) is 19.3 Å². The van der Waals surface area contributed by atoms with Gasteiger partial charge in [-0.1, -0.05) is 36.4 Å². The molecule has 2 aromatic rings. The normalized spacial score (nSPS) is 20.1. The van der Waals surface area contributed by atoms with Crippen LogP contribution in [0.5, 0.6) is 0 Å². The van der Waals surface area contributed by atoms with Gasteiger partial charge in [-0.3, -0.25) is 4.79 Å². The molecule has 1 aliphatic rings. The van der Waals surface area contributed by atoms with Crippen LogP contribution in [0.15, 0.2) is 47.4 Å². The number of fused-ring (bicyclic) bond motifs is 1. The fourth-order valence-electron chi connectivity index (χ4n) is 2.99. The Morgan fingerprint density at radius 2 is 1.82 bits per heavy atom. The Bertz CT molecular complexity index is 811. The van der Waals surface area contributed by atoms with Gasteiger partial charge in [0, 0.05) is 11.9 Å². The van der Waals surface area contributed by atoms with Crippen LogP contribution in [0.2, 0.25) is 0 Å². The lowest BCUT2D eigenvalue weighted by atomic mass is 10.1. The molecule has 2 aromatic carbocycles. The summed E-state index contributed by atoms with van der Waals surface area (Å²) in [6.45, 7) is 0.253. The summed E-state index contributed by atoms with van der Waals surface area (Å²) in [6, 6.07) is 11.3. The highest BCUT2D eigenvalue weighted by atomic mass is 32.2. The number of sulfonamides is 1. The fraction of sp³-hybridized carbons (Fsp3) is 0.312. The Labute approximate surface area is 129 Å². The standard InChI is InChI=1S/C16H17NO4S/c18-16(19)14-9-3-4-11-17(14)22(20,21)15-10-5-7-12-6-1-2-8-13(12)15/h1-2,5-8,10,14H,3-4,9,11H2,(H,18,19). The molecule has 0 radical (unpaired) electrons. The van der Waals surface area contributed by atoms with Crippen molar-refractivity contribution < 1.29 is 18.3 Å². The third-order valence-electron chi connectivity index (χ3n) is 4.08. The van der Waals surface area contributed by atoms with E-state index in [9.17, 15) is 18.3 Å². The van der Waals surface area contributed by atoms with Crippen LogP contribution < -0.4 is 0 Å². The predicted octanol–water partition coefficient (Wildman–Crippen LogP) is 2.47. The van der Waals surface area contributed by atoms with Crippen molar-refractivity contribution in [3.8, 4) is 0 Å². The monoisotopic (exact) mass is 319 g/mol. The number of carboxylic acids is 1. The number of benzene rings is 2. The summed E-state index contributed by atoms with van der Waals surface area (Å²) in [6.07, 6.45) is 1.78. The van der Waals surface area contributed by atoms with Crippen LogP contribution in [-0.4, -0.2) is 36.4 Å². The maximum absolute atomic E-state index is 13.0. The van der Waals surface area contributed by atoms with E-state index in [4.69, 9.17) is 0 Å². The van der Waals surface area contributed by atoms with Gasteiger partial charge in [-0.25, -0.2) is 8.42 Å². The summed E-state index contributed by atoms with van der Waals surface area (Å²) in [7, 11) is -3.83. The highest BCUT2D eigenvalue weighted by Crippen LogP contribution is 2.30. The van der Waals surface area contributed by atoms with Crippen molar-refractivity contribution in [3.63, 3.8) is 0 Å². The van der Waals surface area contributed by atoms with Crippen molar-refractivity contribution in [1.29, 1.82) is 0 Å². The second-order valence-electron chi connectivity index (χ2n) is 5.44. The van der Waals surface area contributed by atoms with Gasteiger partial charge in [0.15, 0.2) is 0 Å². The first kappa shape index (κ1) is 15.0. The minimum atomic E-state index is -3.83. The van der Waals surface area contributed by atoms with Gasteiger partial charge in [0.2, 0.25) is 10.0 Å². The fourth-order valence-corrected chi connectivity index (χ4v) is 4.85. The average Bonchev–Trinajstić information content (AvgIpc) is 2.54. The van der Waals surface area contributed by atoms with Gasteiger partial charge < -0.3 is 5.11 Å². The van der Waals surface area contributed by atoms with Crippen molar-refractivity contribution in [2.24, 2.45) is 0 Å². The molecule has 1 saturated heterocycles. The van der Waals surface area contributed by atoms with Gasteiger partial charge in [-0.2, -0.15) is 4.31 Å². The molecular weight excluding hydrogens is 302 g/mol. The summed E-state index contributed by atoms with van der Waals surface area (Å²) in [5.41, 5.74) is 0. The van der Waals surface area contributed by atoms with Gasteiger partial charge in [0.05, 0.1) is 4.90 Å². The number of aliphatic carboxylic acids is 1. The molecule has 0 spiro atoms. The number of rotatable bonds is 3. The third-order valence-corrected chi connectivity index (χ3v) is 6.04. The predicted molar refractivity (Wildman–Crippen MR) is 83.1 cm³/mol. The van der Waals surface area contributed by atoms with Gasteiger partial charge >= 0.3 is 5.97 Å². The molecule has 5 nitrogen and oxygen atoms in total. The van der Waals surface area contributed by atoms with Crippen molar-refractivity contribution in [2.45, 2.75) is 30.2 Å². The van der Waals surface area contributed by atoms with Gasteiger partial charge in [0.25, 0.3) is 0 Å². The van der Waals surface area contributed by atoms with Gasteiger partial charge in [0.1, 0.15) is 6.04 Å². The Hall–Kier alpha value is -1.92. The van der Waals surface area contributed by atoms with Crippen LogP contribution >= 0.6 is 0 Å². The van der Waals surface area contributed by atoms with Gasteiger partial charge in [-0.05, 0) is 30.7 Å². The van der Waals surface area contributed by atoms with Crippen molar-refractivity contribution in [3.05, 3.63) is 42.5 Å². The molecule has 0 aromatic heterocycles. The molecule has 0 amide bonds. The van der Waals surface area contributed by atoms with E-state index in [0.29, 0.717) is 18.2 Å². The van der Waals surface area contributed by atoms with Crippen LogP contribution in [-0.2, 0) is 14.8 Å². The molecule has 116 valence electrons. The lowest BCUT2D eigenvalue weighted by Gasteiger charge is -2.32. The molecule has 0 aliphatic carbocycles. The minimum absolute atomic E-state index is 0.179. The highest BCUT2D eigenvalue weighted by molar-refractivity contribution is 7.89. The van der Waals surface area contributed by atoms with Crippen LogP contribution in [0.25, 0.3) is 10.8 Å². The second kappa shape index (κ2) is 5.70. The van der Waals surface area contributed by atoms with E-state index in [1.165, 1.54) is 0 Å². The zero-order valence-corrected chi connectivity index (χ0v) is 12.8. The molecule has 3 rings (SSSR count). The molecule has 1 unspecified atom stereocenters. The topological polar surface area (TPSA) is 74.7 Å². The molecule has 0 saturated carbocycles. The summed E-state index contributed by atoms with van der Waals surface area (Å²) in [5, 5.41) is 10.8. The number of carboxylic acid groups (broad SMARTS) is 1. The van der Waals surface area contributed by atoms with E-state index in [1.54, 1.807) is 24.3 Å². The molecule has 22 heavy (non-hydrogen) atoms. The number of hydrogen-bond acceptors (Lipinski definition) is 3. The highest BCUT2D eigenvalue weighted by Gasteiger charge is 2.38. The zero-order chi connectivity index (χ0) is 15.7. The minimum Gasteiger partial charge on any atom is -0.480 e. The molecule has 1 fully saturated rings. The summed E-state index contributed by atoms with van der Waals surface area (Å²) in [4.78, 5) is 11.6. The first-order valence-electron chi connectivity index (χ1n) is 7.24. The van der Waals surface area contributed by atoms with Crippen molar-refractivity contribution in [2.75, 3.05) is 6.54 Å². The van der Waals surface area contributed by atoms with Gasteiger partial charge in [-0.15, -0.1) is 0 Å². The van der Waals surface area contributed by atoms with E-state index in [-0.39, 0.29) is 11.4 Å². The maximum atomic E-state index is 13.0. The Kier molecular flexibility index (Phi) is 3.88. The van der Waals surface area contributed by atoms with Crippen molar-refractivity contribution >= 4 is 26.8 Å². The first-order chi connectivity index (χ1) is 10.5. The molecule has 1 aliphatic heterocycles. The molecule has 1 atom stereocenters. The number of nitrogens with zero attached hydrogens (tertiary/aromatic N) is 1. The quantitative estimate of drug-likeness (QED) is 0.943. The smallest absolute Gasteiger partial charge is 0.322 e. The number of piperidine rings is 1. The lowest BCUT2D eigenvalue weighted by Crippen LogP contribution is -2.47. The van der Waals surface area contributed by atoms with E-state index in [0.717, 1.165) is 16.1 Å². The molecule has 0 bridgehead atoms. The molecule has 1 heterocycles. The first-order valence-corrected chi connectivity index (χ1v) is 8.68. The van der Waals surface area contributed by atoms with Crippen molar-refractivity contribution in [1.82, 2.24) is 4.31 Å². The Balaban J connectivity index is 2.13. The Morgan fingerprint density at radius 3 is 2.59 bits per heavy atom. The summed E-state index contributed by atoms with van der Waals surface area (Å²) < 4.78 is 27.1. The molecule has 1 N–H and O–H groups in total. The summed E-state index contributed by atoms with van der Waals surface area (Å²) >= 11 is 0. The van der Waals surface area contributed by atoms with Crippen LogP contribution in [0.4, 0.5) is 0 Å². The lowest BCUT2D eigenvalue weighted by molar-refractivity contribution is -0.142. The Morgan fingerprint density at radius 1 is 1.09 bits per heavy atom. The number of hydrogen-bond donors (Lipinski definition) is 1. The van der Waals surface area contributed by atoms with E-state index in [2.05, 4.69) is 0 Å². The third kappa shape index (κ3) is 2.48. The number of carbonyl (C=O) groups is 1. The van der Waals surface area contributed by atoms with E-state index < -0.39 is 22.0 Å². The van der Waals surface area contributed by atoms with E-state index in [1.807, 2.05) is 18.2 Å². The second-order valence-corrected chi connectivity index (χ2v) is 7.30. The van der Waals surface area contributed by atoms with Crippen LogP contribution in [0.3, 0.4) is 0 Å². The largest absolute Gasteiger partial charge is 0.480 e. The SMILES string of the molecule is O=C(O)C1CCCCN1S(=O)(=O)c1cccc2ccccc12. The van der Waals surface area contributed by atoms with E-state index >= 15 is 0 Å². The molecule has 6 heteroatoms.